The molecule has 4 heteroatoms. The van der Waals surface area contributed by atoms with Crippen LogP contribution < -0.4 is 4.72 Å². The molecular formula is C23H23NO2S. The third-order valence-corrected chi connectivity index (χ3v) is 7.27. The molecule has 0 fully saturated rings. The predicted octanol–water partition coefficient (Wildman–Crippen LogP) is 5.29. The normalized spacial score (nSPS) is 12.6. The van der Waals surface area contributed by atoms with Gasteiger partial charge in [0.05, 0.1) is 4.90 Å². The van der Waals surface area contributed by atoms with Crippen molar-refractivity contribution in [3.8, 4) is 11.1 Å². The van der Waals surface area contributed by atoms with Crippen molar-refractivity contribution in [1.82, 2.24) is 0 Å². The van der Waals surface area contributed by atoms with E-state index >= 15 is 0 Å². The molecule has 0 aromatic heterocycles. The van der Waals surface area contributed by atoms with Gasteiger partial charge in [-0.3, -0.25) is 4.72 Å². The molecule has 27 heavy (non-hydrogen) atoms. The van der Waals surface area contributed by atoms with Gasteiger partial charge in [0.1, 0.15) is 0 Å². The molecular weight excluding hydrogens is 354 g/mol. The molecule has 0 spiro atoms. The van der Waals surface area contributed by atoms with Crippen molar-refractivity contribution in [2.45, 2.75) is 39.0 Å². The van der Waals surface area contributed by atoms with E-state index in [-0.39, 0.29) is 0 Å². The summed E-state index contributed by atoms with van der Waals surface area (Å²) in [6, 6.07) is 16.2. The van der Waals surface area contributed by atoms with Gasteiger partial charge in [-0.25, -0.2) is 8.42 Å². The van der Waals surface area contributed by atoms with E-state index in [1.807, 2.05) is 64.1 Å². The van der Waals surface area contributed by atoms with E-state index in [1.54, 1.807) is 0 Å². The Morgan fingerprint density at radius 1 is 0.778 bits per heavy atom. The number of sulfonamides is 1. The largest absolute Gasteiger partial charge is 0.280 e. The minimum Gasteiger partial charge on any atom is -0.280 e. The summed E-state index contributed by atoms with van der Waals surface area (Å²) < 4.78 is 29.1. The maximum Gasteiger partial charge on any atom is 0.262 e. The molecule has 1 N–H and O–H groups in total. The Hall–Kier alpha value is -2.59. The van der Waals surface area contributed by atoms with Crippen LogP contribution in [-0.2, 0) is 16.4 Å². The molecule has 0 bridgehead atoms. The van der Waals surface area contributed by atoms with Crippen molar-refractivity contribution in [2.75, 3.05) is 4.72 Å². The van der Waals surface area contributed by atoms with E-state index in [2.05, 4.69) is 16.9 Å². The van der Waals surface area contributed by atoms with Gasteiger partial charge in [0.2, 0.25) is 0 Å². The van der Waals surface area contributed by atoms with Crippen LogP contribution in [-0.4, -0.2) is 8.42 Å². The monoisotopic (exact) mass is 377 g/mol. The zero-order valence-electron chi connectivity index (χ0n) is 16.1. The van der Waals surface area contributed by atoms with Crippen LogP contribution in [0, 0.1) is 27.7 Å². The molecule has 0 saturated carbocycles. The fourth-order valence-electron chi connectivity index (χ4n) is 4.00. The number of aryl methyl sites for hydroxylation is 2. The fraction of sp³-hybridized carbons (Fsp3) is 0.217. The molecule has 0 saturated heterocycles. The lowest BCUT2D eigenvalue weighted by atomic mass is 10.0. The molecule has 0 atom stereocenters. The third kappa shape index (κ3) is 2.94. The molecule has 0 radical (unpaired) electrons. The Balaban J connectivity index is 1.73. The first-order valence-corrected chi connectivity index (χ1v) is 10.6. The minimum atomic E-state index is -3.65. The van der Waals surface area contributed by atoms with Crippen LogP contribution in [0.25, 0.3) is 11.1 Å². The highest BCUT2D eigenvalue weighted by Gasteiger charge is 2.23. The summed E-state index contributed by atoms with van der Waals surface area (Å²) in [4.78, 5) is 0.392. The molecule has 138 valence electrons. The van der Waals surface area contributed by atoms with Crippen LogP contribution in [0.3, 0.4) is 0 Å². The van der Waals surface area contributed by atoms with Crippen molar-refractivity contribution in [2.24, 2.45) is 0 Å². The quantitative estimate of drug-likeness (QED) is 0.527. The van der Waals surface area contributed by atoms with Gasteiger partial charge in [-0.05, 0) is 90.8 Å². The summed E-state index contributed by atoms with van der Waals surface area (Å²) in [5.74, 6) is 0. The van der Waals surface area contributed by atoms with E-state index in [1.165, 1.54) is 16.7 Å². The van der Waals surface area contributed by atoms with Crippen LogP contribution in [0.4, 0.5) is 5.69 Å². The highest BCUT2D eigenvalue weighted by molar-refractivity contribution is 7.92. The van der Waals surface area contributed by atoms with Crippen LogP contribution in [0.5, 0.6) is 0 Å². The number of hydrogen-bond donors (Lipinski definition) is 1. The van der Waals surface area contributed by atoms with Crippen molar-refractivity contribution in [3.05, 3.63) is 81.9 Å². The third-order valence-electron chi connectivity index (χ3n) is 5.61. The molecule has 1 aliphatic rings. The van der Waals surface area contributed by atoms with Gasteiger partial charge < -0.3 is 0 Å². The zero-order chi connectivity index (χ0) is 19.3. The average molecular weight is 378 g/mol. The molecule has 1 aliphatic carbocycles. The summed E-state index contributed by atoms with van der Waals surface area (Å²) in [7, 11) is -3.65. The second-order valence-corrected chi connectivity index (χ2v) is 9.02. The maximum absolute atomic E-state index is 13.2. The lowest BCUT2D eigenvalue weighted by molar-refractivity contribution is 0.599. The predicted molar refractivity (Wildman–Crippen MR) is 111 cm³/mol. The molecule has 3 nitrogen and oxygen atoms in total. The topological polar surface area (TPSA) is 46.2 Å². The molecule has 0 unspecified atom stereocenters. The van der Waals surface area contributed by atoms with Gasteiger partial charge in [-0.2, -0.15) is 0 Å². The number of hydrogen-bond acceptors (Lipinski definition) is 2. The van der Waals surface area contributed by atoms with Gasteiger partial charge in [-0.1, -0.05) is 36.4 Å². The molecule has 3 aromatic carbocycles. The summed E-state index contributed by atoms with van der Waals surface area (Å²) in [5.41, 5.74) is 9.07. The number of benzene rings is 3. The summed E-state index contributed by atoms with van der Waals surface area (Å²) in [5, 5.41) is 0. The standard InChI is InChI=1S/C23H23NO2S/c1-14-11-15(2)17(4)23(16(14)3)27(25,26)24-20-9-10-22-19(13-20)12-18-7-5-6-8-21(18)22/h5-11,13,24H,12H2,1-4H3. The van der Waals surface area contributed by atoms with Crippen molar-refractivity contribution in [3.63, 3.8) is 0 Å². The second kappa shape index (κ2) is 6.24. The molecule has 3 aromatic rings. The maximum atomic E-state index is 13.2. The first-order valence-electron chi connectivity index (χ1n) is 9.09. The van der Waals surface area contributed by atoms with Crippen LogP contribution in [0.15, 0.2) is 53.4 Å². The van der Waals surface area contributed by atoms with Crippen molar-refractivity contribution in [1.29, 1.82) is 0 Å². The Kier molecular flexibility index (Phi) is 4.11. The van der Waals surface area contributed by atoms with Gasteiger partial charge in [0.15, 0.2) is 0 Å². The van der Waals surface area contributed by atoms with Crippen LogP contribution >= 0.6 is 0 Å². The van der Waals surface area contributed by atoms with E-state index in [0.29, 0.717) is 10.6 Å². The summed E-state index contributed by atoms with van der Waals surface area (Å²) in [6.07, 6.45) is 0.836. The van der Waals surface area contributed by atoms with Crippen LogP contribution in [0.1, 0.15) is 33.4 Å². The van der Waals surface area contributed by atoms with Crippen molar-refractivity contribution < 1.29 is 8.42 Å². The lowest BCUT2D eigenvalue weighted by Crippen LogP contribution is -2.17. The minimum absolute atomic E-state index is 0.392. The Bertz CT molecular complexity index is 1150. The zero-order valence-corrected chi connectivity index (χ0v) is 16.9. The van der Waals surface area contributed by atoms with E-state index < -0.39 is 10.0 Å². The second-order valence-electron chi connectivity index (χ2n) is 7.40. The summed E-state index contributed by atoms with van der Waals surface area (Å²) >= 11 is 0. The molecule has 0 amide bonds. The lowest BCUT2D eigenvalue weighted by Gasteiger charge is -2.17. The highest BCUT2D eigenvalue weighted by atomic mass is 32.2. The van der Waals surface area contributed by atoms with E-state index in [0.717, 1.165) is 34.2 Å². The highest BCUT2D eigenvalue weighted by Crippen LogP contribution is 2.38. The first kappa shape index (κ1) is 17.8. The smallest absolute Gasteiger partial charge is 0.262 e. The van der Waals surface area contributed by atoms with Gasteiger partial charge in [0.25, 0.3) is 10.0 Å². The number of fused-ring (bicyclic) bond motifs is 3. The molecule has 4 rings (SSSR count). The SMILES string of the molecule is Cc1cc(C)c(C)c(S(=O)(=O)Nc2ccc3c(c2)Cc2ccccc2-3)c1C. The van der Waals surface area contributed by atoms with E-state index in [4.69, 9.17) is 0 Å². The number of nitrogens with one attached hydrogen (secondary N) is 1. The molecule has 0 heterocycles. The Morgan fingerprint density at radius 2 is 1.41 bits per heavy atom. The van der Waals surface area contributed by atoms with Gasteiger partial charge in [0, 0.05) is 5.69 Å². The Morgan fingerprint density at radius 3 is 2.11 bits per heavy atom. The average Bonchev–Trinajstić information content (AvgIpc) is 2.97. The number of rotatable bonds is 3. The van der Waals surface area contributed by atoms with Gasteiger partial charge in [-0.15, -0.1) is 0 Å². The molecule has 0 aliphatic heterocycles. The van der Waals surface area contributed by atoms with Crippen molar-refractivity contribution >= 4 is 15.7 Å². The fourth-order valence-corrected chi connectivity index (χ4v) is 5.67. The summed E-state index contributed by atoms with van der Waals surface area (Å²) in [6.45, 7) is 7.65. The van der Waals surface area contributed by atoms with Gasteiger partial charge >= 0.3 is 0 Å². The van der Waals surface area contributed by atoms with E-state index in [9.17, 15) is 8.42 Å². The first-order chi connectivity index (χ1) is 12.8. The van der Waals surface area contributed by atoms with Crippen LogP contribution in [0.2, 0.25) is 0 Å². The number of anilines is 1. The Labute approximate surface area is 161 Å².